The lowest BCUT2D eigenvalue weighted by Gasteiger charge is -2.17. The van der Waals surface area contributed by atoms with E-state index in [1.807, 2.05) is 11.8 Å². The van der Waals surface area contributed by atoms with Crippen molar-refractivity contribution in [1.29, 1.82) is 0 Å². The molecule has 1 nitrogen and oxygen atoms in total. The van der Waals surface area contributed by atoms with Gasteiger partial charge in [0.05, 0.1) is 6.10 Å². The first-order chi connectivity index (χ1) is 9.61. The summed E-state index contributed by atoms with van der Waals surface area (Å²) in [6, 6.07) is 15.0. The van der Waals surface area contributed by atoms with Crippen LogP contribution in [0.2, 0.25) is 0 Å². The van der Waals surface area contributed by atoms with Crippen LogP contribution >= 0.6 is 11.8 Å². The lowest BCUT2D eigenvalue weighted by molar-refractivity contribution is 0.172. The highest BCUT2D eigenvalue weighted by Gasteiger charge is 2.28. The molecule has 0 amide bonds. The van der Waals surface area contributed by atoms with Crippen LogP contribution in [0.5, 0.6) is 0 Å². The van der Waals surface area contributed by atoms with Crippen LogP contribution in [0, 0.1) is 13.8 Å². The first kappa shape index (κ1) is 13.7. The van der Waals surface area contributed by atoms with E-state index in [0.29, 0.717) is 0 Å². The second-order valence-electron chi connectivity index (χ2n) is 5.74. The van der Waals surface area contributed by atoms with Crippen molar-refractivity contribution in [3.8, 4) is 0 Å². The summed E-state index contributed by atoms with van der Waals surface area (Å²) in [5, 5.41) is 10.8. The third-order valence-electron chi connectivity index (χ3n) is 3.83. The minimum Gasteiger partial charge on any atom is -0.392 e. The van der Waals surface area contributed by atoms with Crippen LogP contribution in [0.25, 0.3) is 0 Å². The molecule has 2 unspecified atom stereocenters. The molecule has 0 saturated carbocycles. The fourth-order valence-electron chi connectivity index (χ4n) is 2.98. The number of aryl methyl sites for hydroxylation is 2. The Kier molecular flexibility index (Phi) is 3.86. The van der Waals surface area contributed by atoms with Gasteiger partial charge < -0.3 is 5.11 Å². The van der Waals surface area contributed by atoms with Gasteiger partial charge >= 0.3 is 0 Å². The largest absolute Gasteiger partial charge is 0.392 e. The predicted molar refractivity (Wildman–Crippen MR) is 85.4 cm³/mol. The highest BCUT2D eigenvalue weighted by Crippen LogP contribution is 2.38. The summed E-state index contributed by atoms with van der Waals surface area (Å²) < 4.78 is 0. The lowest BCUT2D eigenvalue weighted by atomic mass is 9.98. The molecule has 1 aliphatic rings. The fourth-order valence-corrected chi connectivity index (χ4v) is 4.29. The molecular formula is C18H20OS. The predicted octanol–water partition coefficient (Wildman–Crippen LogP) is 3.92. The summed E-state index contributed by atoms with van der Waals surface area (Å²) in [5.41, 5.74) is 5.16. The minimum atomic E-state index is -0.284. The summed E-state index contributed by atoms with van der Waals surface area (Å²) in [6.07, 6.45) is 1.44. The Labute approximate surface area is 125 Å². The van der Waals surface area contributed by atoms with E-state index in [0.717, 1.165) is 12.8 Å². The molecule has 0 radical (unpaired) electrons. The first-order valence-electron chi connectivity index (χ1n) is 7.11. The van der Waals surface area contributed by atoms with Gasteiger partial charge in [-0.25, -0.2) is 0 Å². The van der Waals surface area contributed by atoms with E-state index in [1.165, 1.54) is 27.1 Å². The van der Waals surface area contributed by atoms with Crippen molar-refractivity contribution in [3.05, 3.63) is 64.7 Å². The first-order valence-corrected chi connectivity index (χ1v) is 7.99. The molecule has 0 aromatic heterocycles. The van der Waals surface area contributed by atoms with E-state index in [2.05, 4.69) is 56.3 Å². The molecule has 104 valence electrons. The summed E-state index contributed by atoms with van der Waals surface area (Å²) in [7, 11) is 0. The van der Waals surface area contributed by atoms with Crippen LogP contribution < -0.4 is 0 Å². The van der Waals surface area contributed by atoms with Crippen molar-refractivity contribution in [2.45, 2.75) is 42.9 Å². The highest BCUT2D eigenvalue weighted by molar-refractivity contribution is 8.00. The molecule has 1 N–H and O–H groups in total. The molecule has 0 fully saturated rings. The Morgan fingerprint density at radius 3 is 2.55 bits per heavy atom. The van der Waals surface area contributed by atoms with Crippen molar-refractivity contribution in [2.24, 2.45) is 0 Å². The Balaban J connectivity index is 1.70. The topological polar surface area (TPSA) is 20.2 Å². The zero-order valence-corrected chi connectivity index (χ0v) is 12.8. The van der Waals surface area contributed by atoms with Gasteiger partial charge in [-0.15, -0.1) is 11.8 Å². The average molecular weight is 284 g/mol. The van der Waals surface area contributed by atoms with Gasteiger partial charge in [0, 0.05) is 10.1 Å². The maximum atomic E-state index is 10.5. The molecule has 2 aromatic carbocycles. The second kappa shape index (κ2) is 5.63. The molecule has 0 spiro atoms. The van der Waals surface area contributed by atoms with Crippen molar-refractivity contribution < 1.29 is 5.11 Å². The smallest absolute Gasteiger partial charge is 0.0705 e. The maximum Gasteiger partial charge on any atom is 0.0705 e. The van der Waals surface area contributed by atoms with Crippen LogP contribution in [0.1, 0.15) is 22.3 Å². The lowest BCUT2D eigenvalue weighted by Crippen LogP contribution is -2.25. The summed E-state index contributed by atoms with van der Waals surface area (Å²) in [5.74, 6) is 0. The van der Waals surface area contributed by atoms with Gasteiger partial charge in [-0.1, -0.05) is 47.5 Å². The maximum absolute atomic E-state index is 10.5. The van der Waals surface area contributed by atoms with Gasteiger partial charge in [0.25, 0.3) is 0 Å². The van der Waals surface area contributed by atoms with E-state index in [-0.39, 0.29) is 11.4 Å². The van der Waals surface area contributed by atoms with E-state index < -0.39 is 0 Å². The van der Waals surface area contributed by atoms with Gasteiger partial charge in [-0.05, 0) is 43.9 Å². The van der Waals surface area contributed by atoms with Crippen molar-refractivity contribution in [2.75, 3.05) is 0 Å². The van der Waals surface area contributed by atoms with Crippen LogP contribution in [-0.2, 0) is 12.8 Å². The molecule has 0 aliphatic carbocycles. The normalized spacial score (nSPS) is 18.9. The van der Waals surface area contributed by atoms with E-state index in [9.17, 15) is 5.11 Å². The quantitative estimate of drug-likeness (QED) is 0.921. The summed E-state index contributed by atoms with van der Waals surface area (Å²) in [4.78, 5) is 1.33. The van der Waals surface area contributed by atoms with E-state index in [1.54, 1.807) is 0 Å². The van der Waals surface area contributed by atoms with Crippen molar-refractivity contribution in [3.63, 3.8) is 0 Å². The monoisotopic (exact) mass is 284 g/mol. The molecule has 0 saturated heterocycles. The summed E-state index contributed by atoms with van der Waals surface area (Å²) >= 11 is 1.82. The molecule has 3 rings (SSSR count). The Bertz CT molecular complexity index is 575. The minimum absolute atomic E-state index is 0.284. The Morgan fingerprint density at radius 1 is 1.15 bits per heavy atom. The van der Waals surface area contributed by atoms with Crippen LogP contribution in [0.15, 0.2) is 47.4 Å². The molecule has 0 bridgehead atoms. The molecule has 2 atom stereocenters. The molecular weight excluding hydrogens is 264 g/mol. The second-order valence-corrected chi connectivity index (χ2v) is 7.02. The fraction of sp³-hybridized carbons (Fsp3) is 0.333. The number of benzene rings is 2. The third-order valence-corrected chi connectivity index (χ3v) is 5.26. The Hall–Kier alpha value is -1.25. The number of aliphatic hydroxyl groups is 1. The van der Waals surface area contributed by atoms with E-state index in [4.69, 9.17) is 0 Å². The number of aliphatic hydroxyl groups excluding tert-OH is 1. The summed E-state index contributed by atoms with van der Waals surface area (Å²) in [6.45, 7) is 4.23. The van der Waals surface area contributed by atoms with Gasteiger partial charge in [0.2, 0.25) is 0 Å². The number of thioether (sulfide) groups is 1. The molecule has 20 heavy (non-hydrogen) atoms. The molecule has 2 aromatic rings. The van der Waals surface area contributed by atoms with E-state index >= 15 is 0 Å². The third kappa shape index (κ3) is 2.92. The number of rotatable bonds is 3. The van der Waals surface area contributed by atoms with Crippen LogP contribution in [0.3, 0.4) is 0 Å². The molecule has 1 heterocycles. The SMILES string of the molecule is Cc1cc(C)cc(CC(O)C2Cc3ccccc3S2)c1. The molecule has 2 heteroatoms. The van der Waals surface area contributed by atoms with Gasteiger partial charge in [-0.3, -0.25) is 0 Å². The van der Waals surface area contributed by atoms with Gasteiger partial charge in [0.1, 0.15) is 0 Å². The van der Waals surface area contributed by atoms with Gasteiger partial charge in [-0.2, -0.15) is 0 Å². The number of hydrogen-bond acceptors (Lipinski definition) is 2. The standard InChI is InChI=1S/C18H20OS/c1-12-7-13(2)9-14(8-12)10-16(19)18-11-15-5-3-4-6-17(15)20-18/h3-9,16,18-19H,10-11H2,1-2H3. The van der Waals surface area contributed by atoms with Crippen LogP contribution in [-0.4, -0.2) is 16.5 Å². The van der Waals surface area contributed by atoms with Crippen molar-refractivity contribution in [1.82, 2.24) is 0 Å². The Morgan fingerprint density at radius 2 is 1.85 bits per heavy atom. The average Bonchev–Trinajstić information content (AvgIpc) is 2.81. The van der Waals surface area contributed by atoms with Gasteiger partial charge in [0.15, 0.2) is 0 Å². The zero-order chi connectivity index (χ0) is 14.1. The van der Waals surface area contributed by atoms with Crippen molar-refractivity contribution >= 4 is 11.8 Å². The number of fused-ring (bicyclic) bond motifs is 1. The zero-order valence-electron chi connectivity index (χ0n) is 12.0. The molecule has 1 aliphatic heterocycles. The number of hydrogen-bond donors (Lipinski definition) is 1. The van der Waals surface area contributed by atoms with Crippen LogP contribution in [0.4, 0.5) is 0 Å². The highest BCUT2D eigenvalue weighted by atomic mass is 32.2.